The van der Waals surface area contributed by atoms with Gasteiger partial charge in [0.05, 0.1) is 11.4 Å². The van der Waals surface area contributed by atoms with Crippen molar-refractivity contribution in [2.75, 3.05) is 6.54 Å². The van der Waals surface area contributed by atoms with Gasteiger partial charge in [0.15, 0.2) is 0 Å². The van der Waals surface area contributed by atoms with Crippen LogP contribution in [0.5, 0.6) is 5.75 Å². The first-order chi connectivity index (χ1) is 13.3. The van der Waals surface area contributed by atoms with Gasteiger partial charge < -0.3 is 5.11 Å². The van der Waals surface area contributed by atoms with Crippen molar-refractivity contribution in [3.8, 4) is 17.0 Å². The molecule has 1 aliphatic heterocycles. The number of phenolic OH excluding ortho intramolecular Hbond substituents is 1. The molecule has 0 spiro atoms. The Hall–Kier alpha value is -2.72. The van der Waals surface area contributed by atoms with Gasteiger partial charge in [-0.1, -0.05) is 30.3 Å². The van der Waals surface area contributed by atoms with Crippen LogP contribution >= 0.6 is 0 Å². The van der Waals surface area contributed by atoms with Crippen molar-refractivity contribution in [1.29, 1.82) is 0 Å². The van der Waals surface area contributed by atoms with Crippen LogP contribution in [-0.4, -0.2) is 26.5 Å². The van der Waals surface area contributed by atoms with Gasteiger partial charge in [0, 0.05) is 43.1 Å². The minimum absolute atomic E-state index is 0.287. The highest BCUT2D eigenvalue weighted by Crippen LogP contribution is 2.40. The monoisotopic (exact) mass is 357 g/mol. The normalized spacial score (nSPS) is 16.9. The van der Waals surface area contributed by atoms with E-state index in [1.165, 1.54) is 29.7 Å². The molecule has 0 saturated heterocycles. The predicted octanol–water partition coefficient (Wildman–Crippen LogP) is 4.28. The molecule has 0 bridgehead atoms. The Bertz CT molecular complexity index is 949. The second-order valence-corrected chi connectivity index (χ2v) is 7.62. The van der Waals surface area contributed by atoms with Gasteiger partial charge in [-0.2, -0.15) is 0 Å². The van der Waals surface area contributed by atoms with Gasteiger partial charge in [-0.15, -0.1) is 0 Å². The molecular weight excluding hydrogens is 334 g/mol. The fourth-order valence-corrected chi connectivity index (χ4v) is 3.85. The number of hydrogen-bond donors (Lipinski definition) is 1. The molecule has 0 amide bonds. The van der Waals surface area contributed by atoms with Crippen molar-refractivity contribution >= 4 is 0 Å². The van der Waals surface area contributed by atoms with Crippen LogP contribution in [0.1, 0.15) is 41.4 Å². The Kier molecular flexibility index (Phi) is 4.13. The fraction of sp³-hybridized carbons (Fsp3) is 0.304. The molecule has 2 aliphatic rings. The van der Waals surface area contributed by atoms with E-state index in [1.54, 1.807) is 12.1 Å². The minimum atomic E-state index is 0.287. The highest BCUT2D eigenvalue weighted by atomic mass is 16.3. The van der Waals surface area contributed by atoms with Crippen molar-refractivity contribution in [1.82, 2.24) is 14.9 Å². The Morgan fingerprint density at radius 3 is 2.48 bits per heavy atom. The van der Waals surface area contributed by atoms with E-state index in [-0.39, 0.29) is 5.75 Å². The van der Waals surface area contributed by atoms with Gasteiger partial charge >= 0.3 is 0 Å². The maximum absolute atomic E-state index is 9.66. The first-order valence-corrected chi connectivity index (χ1v) is 9.71. The van der Waals surface area contributed by atoms with E-state index < -0.39 is 0 Å². The fourth-order valence-electron chi connectivity index (χ4n) is 3.85. The Labute approximate surface area is 159 Å². The van der Waals surface area contributed by atoms with E-state index in [0.29, 0.717) is 5.92 Å². The maximum atomic E-state index is 9.66. The molecule has 2 aromatic carbocycles. The number of phenols is 1. The standard InChI is InChI=1S/C23H23N3O/c27-19-10-8-17(9-11-19)22-20-15-26(14-16-4-2-1-3-5-16)13-12-21(20)24-23(25-22)18-6-7-18/h1-5,8-11,18,27H,6-7,12-15H2. The number of rotatable bonds is 4. The third kappa shape index (κ3) is 3.45. The minimum Gasteiger partial charge on any atom is -0.508 e. The summed E-state index contributed by atoms with van der Waals surface area (Å²) < 4.78 is 0. The van der Waals surface area contributed by atoms with Gasteiger partial charge in [-0.05, 0) is 42.7 Å². The molecule has 4 heteroatoms. The van der Waals surface area contributed by atoms with Gasteiger partial charge in [0.25, 0.3) is 0 Å². The number of hydrogen-bond acceptors (Lipinski definition) is 4. The summed E-state index contributed by atoms with van der Waals surface area (Å²) in [6.45, 7) is 2.84. The Balaban J connectivity index is 1.51. The average molecular weight is 357 g/mol. The van der Waals surface area contributed by atoms with E-state index in [4.69, 9.17) is 9.97 Å². The summed E-state index contributed by atoms with van der Waals surface area (Å²) in [6.07, 6.45) is 3.37. The molecule has 2 heterocycles. The second-order valence-electron chi connectivity index (χ2n) is 7.62. The molecule has 1 saturated carbocycles. The Morgan fingerprint density at radius 2 is 1.74 bits per heavy atom. The number of aromatic nitrogens is 2. The number of aromatic hydroxyl groups is 1. The van der Waals surface area contributed by atoms with Crippen LogP contribution in [0.2, 0.25) is 0 Å². The van der Waals surface area contributed by atoms with Crippen LogP contribution in [0, 0.1) is 0 Å². The van der Waals surface area contributed by atoms with Crippen molar-refractivity contribution < 1.29 is 5.11 Å². The van der Waals surface area contributed by atoms with E-state index in [2.05, 4.69) is 35.2 Å². The summed E-state index contributed by atoms with van der Waals surface area (Å²) in [4.78, 5) is 12.4. The van der Waals surface area contributed by atoms with Crippen molar-refractivity contribution in [3.05, 3.63) is 77.2 Å². The van der Waals surface area contributed by atoms with E-state index in [1.807, 2.05) is 12.1 Å². The first-order valence-electron chi connectivity index (χ1n) is 9.71. The highest BCUT2D eigenvalue weighted by Gasteiger charge is 2.30. The Morgan fingerprint density at radius 1 is 0.963 bits per heavy atom. The average Bonchev–Trinajstić information content (AvgIpc) is 3.54. The molecular formula is C23H23N3O. The molecule has 4 nitrogen and oxygen atoms in total. The lowest BCUT2D eigenvalue weighted by Crippen LogP contribution is -2.31. The summed E-state index contributed by atoms with van der Waals surface area (Å²) in [5.74, 6) is 1.83. The molecule has 136 valence electrons. The lowest BCUT2D eigenvalue weighted by Gasteiger charge is -2.30. The predicted molar refractivity (Wildman–Crippen MR) is 105 cm³/mol. The molecule has 0 atom stereocenters. The third-order valence-corrected chi connectivity index (χ3v) is 5.49. The molecule has 1 N–H and O–H groups in total. The first kappa shape index (κ1) is 16.5. The van der Waals surface area contributed by atoms with Crippen LogP contribution in [0.25, 0.3) is 11.3 Å². The number of benzene rings is 2. The van der Waals surface area contributed by atoms with E-state index in [9.17, 15) is 5.11 Å². The molecule has 3 aromatic rings. The highest BCUT2D eigenvalue weighted by molar-refractivity contribution is 5.65. The van der Waals surface area contributed by atoms with Gasteiger partial charge in [0.2, 0.25) is 0 Å². The zero-order valence-electron chi connectivity index (χ0n) is 15.3. The summed E-state index contributed by atoms with van der Waals surface area (Å²) in [5, 5.41) is 9.66. The maximum Gasteiger partial charge on any atom is 0.132 e. The molecule has 0 radical (unpaired) electrons. The van der Waals surface area contributed by atoms with Crippen molar-refractivity contribution in [2.24, 2.45) is 0 Å². The number of fused-ring (bicyclic) bond motifs is 1. The smallest absolute Gasteiger partial charge is 0.132 e. The largest absolute Gasteiger partial charge is 0.508 e. The second kappa shape index (κ2) is 6.78. The summed E-state index contributed by atoms with van der Waals surface area (Å²) >= 11 is 0. The lowest BCUT2D eigenvalue weighted by atomic mass is 9.98. The zero-order chi connectivity index (χ0) is 18.2. The topological polar surface area (TPSA) is 49.3 Å². The van der Waals surface area contributed by atoms with Crippen LogP contribution in [-0.2, 0) is 19.5 Å². The van der Waals surface area contributed by atoms with E-state index in [0.717, 1.165) is 43.1 Å². The molecule has 1 aliphatic carbocycles. The SMILES string of the molecule is Oc1ccc(-c2nc(C3CC3)nc3c2CN(Cc2ccccc2)CC3)cc1. The van der Waals surface area contributed by atoms with E-state index >= 15 is 0 Å². The summed E-state index contributed by atoms with van der Waals surface area (Å²) in [5.41, 5.74) is 5.89. The van der Waals surface area contributed by atoms with Crippen LogP contribution in [0.4, 0.5) is 0 Å². The third-order valence-electron chi connectivity index (χ3n) is 5.49. The molecule has 5 rings (SSSR count). The quantitative estimate of drug-likeness (QED) is 0.757. The lowest BCUT2D eigenvalue weighted by molar-refractivity contribution is 0.243. The van der Waals surface area contributed by atoms with Gasteiger partial charge in [0.1, 0.15) is 11.6 Å². The summed E-state index contributed by atoms with van der Waals surface area (Å²) in [6, 6.07) is 18.0. The molecule has 1 fully saturated rings. The van der Waals surface area contributed by atoms with Crippen LogP contribution in [0.3, 0.4) is 0 Å². The zero-order valence-corrected chi connectivity index (χ0v) is 15.3. The van der Waals surface area contributed by atoms with Gasteiger partial charge in [-0.25, -0.2) is 9.97 Å². The van der Waals surface area contributed by atoms with Crippen molar-refractivity contribution in [2.45, 2.75) is 38.3 Å². The molecule has 0 unspecified atom stereocenters. The number of nitrogens with zero attached hydrogens (tertiary/aromatic N) is 3. The van der Waals surface area contributed by atoms with Gasteiger partial charge in [-0.3, -0.25) is 4.90 Å². The van der Waals surface area contributed by atoms with Crippen LogP contribution in [0.15, 0.2) is 54.6 Å². The molecule has 27 heavy (non-hydrogen) atoms. The molecule has 1 aromatic heterocycles. The van der Waals surface area contributed by atoms with Crippen LogP contribution < -0.4 is 0 Å². The van der Waals surface area contributed by atoms with Crippen molar-refractivity contribution in [3.63, 3.8) is 0 Å². The summed E-state index contributed by atoms with van der Waals surface area (Å²) in [7, 11) is 0.